The highest BCUT2D eigenvalue weighted by Gasteiger charge is 2.23. The molecule has 170 valence electrons. The summed E-state index contributed by atoms with van der Waals surface area (Å²) in [6, 6.07) is 11.7. The number of hydrogen-bond acceptors (Lipinski definition) is 8. The van der Waals surface area contributed by atoms with E-state index in [0.717, 1.165) is 37.7 Å². The Morgan fingerprint density at radius 2 is 1.58 bits per heavy atom. The SMILES string of the molecule is O=c1c2c(O)cccc2oc2cc(NS(=O)(=O)c3ccc(N4CCCC4)cc3)c(O)c(O)c12. The van der Waals surface area contributed by atoms with Gasteiger partial charge in [-0.15, -0.1) is 0 Å². The van der Waals surface area contributed by atoms with Crippen LogP contribution in [-0.2, 0) is 10.0 Å². The lowest BCUT2D eigenvalue weighted by atomic mass is 10.1. The molecule has 1 aliphatic rings. The van der Waals surface area contributed by atoms with Crippen LogP contribution in [0.1, 0.15) is 12.8 Å². The Morgan fingerprint density at radius 1 is 0.879 bits per heavy atom. The number of fused-ring (bicyclic) bond motifs is 2. The van der Waals surface area contributed by atoms with Gasteiger partial charge in [0.25, 0.3) is 10.0 Å². The molecule has 5 rings (SSSR count). The molecule has 0 atom stereocenters. The minimum Gasteiger partial charge on any atom is -0.507 e. The molecule has 1 aliphatic heterocycles. The van der Waals surface area contributed by atoms with E-state index in [1.807, 2.05) is 0 Å². The van der Waals surface area contributed by atoms with Gasteiger partial charge in [-0.3, -0.25) is 9.52 Å². The normalized spacial score (nSPS) is 14.2. The van der Waals surface area contributed by atoms with Crippen LogP contribution >= 0.6 is 0 Å². The van der Waals surface area contributed by atoms with Crippen molar-refractivity contribution in [1.82, 2.24) is 0 Å². The summed E-state index contributed by atoms with van der Waals surface area (Å²) in [5.74, 6) is -2.03. The first-order chi connectivity index (χ1) is 15.8. The number of nitrogens with one attached hydrogen (secondary N) is 1. The number of sulfonamides is 1. The number of rotatable bonds is 4. The Kier molecular flexibility index (Phi) is 4.82. The molecule has 0 saturated carbocycles. The molecule has 33 heavy (non-hydrogen) atoms. The standard InChI is InChI=1S/C23H20N2O7S/c26-16-4-3-5-17-19(16)22(28)20-18(32-17)12-15(21(27)23(20)29)24-33(30,31)14-8-6-13(7-9-14)25-10-1-2-11-25/h3-9,12,24,26-27,29H,1-2,10-11H2. The minimum atomic E-state index is -4.12. The van der Waals surface area contributed by atoms with Gasteiger partial charge < -0.3 is 24.6 Å². The average Bonchev–Trinajstić information content (AvgIpc) is 3.32. The topological polar surface area (TPSA) is 140 Å². The number of nitrogens with zero attached hydrogens (tertiary/aromatic N) is 1. The maximum atomic E-state index is 12.9. The third-order valence-electron chi connectivity index (χ3n) is 5.78. The number of phenols is 3. The van der Waals surface area contributed by atoms with Crippen LogP contribution in [0.2, 0.25) is 0 Å². The Hall–Kier alpha value is -3.92. The molecule has 10 heteroatoms. The monoisotopic (exact) mass is 468 g/mol. The molecule has 3 aromatic carbocycles. The van der Waals surface area contributed by atoms with Crippen molar-refractivity contribution in [1.29, 1.82) is 0 Å². The summed E-state index contributed by atoms with van der Waals surface area (Å²) in [5, 5.41) is 30.4. The molecule has 0 bridgehead atoms. The van der Waals surface area contributed by atoms with Crippen LogP contribution in [-0.4, -0.2) is 36.8 Å². The number of aromatic hydroxyl groups is 3. The van der Waals surface area contributed by atoms with Crippen molar-refractivity contribution in [3.05, 3.63) is 58.8 Å². The summed E-state index contributed by atoms with van der Waals surface area (Å²) < 4.78 is 33.7. The second-order valence-corrected chi connectivity index (χ2v) is 9.55. The maximum Gasteiger partial charge on any atom is 0.262 e. The van der Waals surface area contributed by atoms with Crippen molar-refractivity contribution in [2.45, 2.75) is 17.7 Å². The number of hydrogen-bond donors (Lipinski definition) is 4. The molecule has 4 N–H and O–H groups in total. The molecule has 4 aromatic rings. The number of benzene rings is 3. The third-order valence-corrected chi connectivity index (χ3v) is 7.16. The van der Waals surface area contributed by atoms with Crippen molar-refractivity contribution >= 4 is 43.3 Å². The maximum absolute atomic E-state index is 12.9. The van der Waals surface area contributed by atoms with E-state index in [2.05, 4.69) is 9.62 Å². The van der Waals surface area contributed by atoms with Crippen molar-refractivity contribution < 1.29 is 28.2 Å². The van der Waals surface area contributed by atoms with Crippen LogP contribution in [0, 0.1) is 0 Å². The van der Waals surface area contributed by atoms with Gasteiger partial charge in [-0.2, -0.15) is 0 Å². The Morgan fingerprint density at radius 3 is 2.27 bits per heavy atom. The molecular formula is C23H20N2O7S. The van der Waals surface area contributed by atoms with Gasteiger partial charge in [-0.25, -0.2) is 8.42 Å². The van der Waals surface area contributed by atoms with E-state index in [4.69, 9.17) is 4.42 Å². The first-order valence-corrected chi connectivity index (χ1v) is 11.8. The summed E-state index contributed by atoms with van der Waals surface area (Å²) >= 11 is 0. The van der Waals surface area contributed by atoms with Crippen LogP contribution in [0.25, 0.3) is 21.9 Å². The lowest BCUT2D eigenvalue weighted by molar-refractivity contribution is 0.409. The van der Waals surface area contributed by atoms with Gasteiger partial charge in [0.1, 0.15) is 27.7 Å². The van der Waals surface area contributed by atoms with E-state index < -0.39 is 27.0 Å². The van der Waals surface area contributed by atoms with Gasteiger partial charge in [0.05, 0.1) is 10.6 Å². The molecule has 0 amide bonds. The van der Waals surface area contributed by atoms with Gasteiger partial charge in [-0.05, 0) is 49.2 Å². The number of phenolic OH excluding ortho intramolecular Hbond substituents is 3. The summed E-state index contributed by atoms with van der Waals surface area (Å²) in [7, 11) is -4.12. The molecule has 9 nitrogen and oxygen atoms in total. The smallest absolute Gasteiger partial charge is 0.262 e. The van der Waals surface area contributed by atoms with Crippen LogP contribution in [0.4, 0.5) is 11.4 Å². The van der Waals surface area contributed by atoms with E-state index in [9.17, 15) is 28.5 Å². The van der Waals surface area contributed by atoms with E-state index in [1.165, 1.54) is 30.3 Å². The molecule has 1 fully saturated rings. The fourth-order valence-corrected chi connectivity index (χ4v) is 5.16. The summed E-state index contributed by atoms with van der Waals surface area (Å²) in [5.41, 5.74) is -0.302. The quantitative estimate of drug-likeness (QED) is 0.264. The van der Waals surface area contributed by atoms with E-state index >= 15 is 0 Å². The Balaban J connectivity index is 1.56. The first kappa shape index (κ1) is 21.0. The van der Waals surface area contributed by atoms with Gasteiger partial charge in [0.2, 0.25) is 5.43 Å². The number of anilines is 2. The lowest BCUT2D eigenvalue weighted by Crippen LogP contribution is -2.18. The molecular weight excluding hydrogens is 448 g/mol. The molecule has 1 saturated heterocycles. The third kappa shape index (κ3) is 3.48. The van der Waals surface area contributed by atoms with Crippen molar-refractivity contribution in [3.8, 4) is 17.2 Å². The second kappa shape index (κ2) is 7.59. The fourth-order valence-electron chi connectivity index (χ4n) is 4.10. The highest BCUT2D eigenvalue weighted by Crippen LogP contribution is 2.41. The molecule has 0 radical (unpaired) electrons. The van der Waals surface area contributed by atoms with Crippen LogP contribution in [0.5, 0.6) is 17.2 Å². The minimum absolute atomic E-state index is 0.0330. The van der Waals surface area contributed by atoms with Gasteiger partial charge >= 0.3 is 0 Å². The zero-order valence-corrected chi connectivity index (χ0v) is 18.1. The van der Waals surface area contributed by atoms with Crippen LogP contribution in [0.3, 0.4) is 0 Å². The Bertz CT molecular complexity index is 1550. The summed E-state index contributed by atoms with van der Waals surface area (Å²) in [6.45, 7) is 1.85. The summed E-state index contributed by atoms with van der Waals surface area (Å²) in [6.07, 6.45) is 2.19. The largest absolute Gasteiger partial charge is 0.507 e. The lowest BCUT2D eigenvalue weighted by Gasteiger charge is -2.18. The predicted molar refractivity (Wildman–Crippen MR) is 124 cm³/mol. The Labute approximate surface area is 188 Å². The second-order valence-electron chi connectivity index (χ2n) is 7.87. The van der Waals surface area contributed by atoms with Crippen LogP contribution in [0.15, 0.2) is 62.6 Å². The van der Waals surface area contributed by atoms with E-state index in [-0.39, 0.29) is 38.3 Å². The van der Waals surface area contributed by atoms with E-state index in [1.54, 1.807) is 12.1 Å². The highest BCUT2D eigenvalue weighted by atomic mass is 32.2. The van der Waals surface area contributed by atoms with E-state index in [0.29, 0.717) is 0 Å². The van der Waals surface area contributed by atoms with Gasteiger partial charge in [0, 0.05) is 24.8 Å². The molecule has 2 heterocycles. The predicted octanol–water partition coefficient (Wildman–Crippen LogP) is 3.46. The molecule has 1 aromatic heterocycles. The van der Waals surface area contributed by atoms with Crippen molar-refractivity contribution in [2.24, 2.45) is 0 Å². The average molecular weight is 468 g/mol. The zero-order chi connectivity index (χ0) is 23.3. The molecule has 0 aliphatic carbocycles. The summed E-state index contributed by atoms with van der Waals surface area (Å²) in [4.78, 5) is 14.9. The molecule has 0 unspecified atom stereocenters. The zero-order valence-electron chi connectivity index (χ0n) is 17.3. The van der Waals surface area contributed by atoms with Crippen molar-refractivity contribution in [2.75, 3.05) is 22.7 Å². The van der Waals surface area contributed by atoms with Gasteiger partial charge in [0.15, 0.2) is 11.5 Å². The first-order valence-electron chi connectivity index (χ1n) is 10.3. The molecule has 0 spiro atoms. The highest BCUT2D eigenvalue weighted by molar-refractivity contribution is 7.92. The van der Waals surface area contributed by atoms with Crippen molar-refractivity contribution in [3.63, 3.8) is 0 Å². The van der Waals surface area contributed by atoms with Crippen LogP contribution < -0.4 is 15.1 Å². The fraction of sp³-hybridized carbons (Fsp3) is 0.174. The van der Waals surface area contributed by atoms with Gasteiger partial charge in [-0.1, -0.05) is 6.07 Å².